The largest absolute Gasteiger partial charge is 0.481 e. The molecule has 2 N–H and O–H groups in total. The van der Waals surface area contributed by atoms with Crippen LogP contribution in [-0.2, 0) is 27.8 Å². The van der Waals surface area contributed by atoms with E-state index in [-0.39, 0.29) is 17.3 Å². The lowest BCUT2D eigenvalue weighted by atomic mass is 10.2. The second kappa shape index (κ2) is 9.60. The van der Waals surface area contributed by atoms with Gasteiger partial charge in [0.25, 0.3) is 5.91 Å². The second-order valence-corrected chi connectivity index (χ2v) is 8.44. The molecular formula is C22H24N2O5S. The van der Waals surface area contributed by atoms with Gasteiger partial charge in [0.15, 0.2) is 6.10 Å². The Morgan fingerprint density at radius 3 is 2.37 bits per heavy atom. The van der Waals surface area contributed by atoms with Crippen molar-refractivity contribution in [2.75, 3.05) is 5.32 Å². The van der Waals surface area contributed by atoms with E-state index in [4.69, 9.17) is 9.15 Å². The van der Waals surface area contributed by atoms with Crippen LogP contribution in [-0.4, -0.2) is 20.4 Å². The molecule has 2 aromatic carbocycles. The van der Waals surface area contributed by atoms with Gasteiger partial charge >= 0.3 is 0 Å². The first kappa shape index (κ1) is 21.6. The third-order valence-electron chi connectivity index (χ3n) is 4.46. The van der Waals surface area contributed by atoms with Crippen molar-refractivity contribution in [3.63, 3.8) is 0 Å². The SMILES string of the molecule is CCc1ccc(OC(C)C(=O)Nc2ccc(S(=O)(=O)NCc3ccco3)cc2)cc1. The zero-order chi connectivity index (χ0) is 21.6. The number of furan rings is 1. The molecule has 0 aliphatic heterocycles. The summed E-state index contributed by atoms with van der Waals surface area (Å²) < 4.78 is 38.0. The summed E-state index contributed by atoms with van der Waals surface area (Å²) in [6.45, 7) is 3.78. The second-order valence-electron chi connectivity index (χ2n) is 6.68. The third kappa shape index (κ3) is 5.71. The number of anilines is 1. The van der Waals surface area contributed by atoms with E-state index in [9.17, 15) is 13.2 Å². The van der Waals surface area contributed by atoms with Crippen LogP contribution < -0.4 is 14.8 Å². The van der Waals surface area contributed by atoms with Crippen LogP contribution in [0.15, 0.2) is 76.2 Å². The molecule has 8 heteroatoms. The van der Waals surface area contributed by atoms with Gasteiger partial charge in [-0.3, -0.25) is 4.79 Å². The molecule has 1 unspecified atom stereocenters. The van der Waals surface area contributed by atoms with E-state index >= 15 is 0 Å². The van der Waals surface area contributed by atoms with Gasteiger partial charge in [-0.15, -0.1) is 0 Å². The van der Waals surface area contributed by atoms with Crippen molar-refractivity contribution in [2.24, 2.45) is 0 Å². The fourth-order valence-electron chi connectivity index (χ4n) is 2.69. The predicted octanol–water partition coefficient (Wildman–Crippen LogP) is 3.73. The van der Waals surface area contributed by atoms with Crippen molar-refractivity contribution >= 4 is 21.6 Å². The molecule has 30 heavy (non-hydrogen) atoms. The summed E-state index contributed by atoms with van der Waals surface area (Å²) in [6, 6.07) is 16.9. The number of amides is 1. The molecule has 0 saturated heterocycles. The van der Waals surface area contributed by atoms with Crippen LogP contribution in [0.4, 0.5) is 5.69 Å². The Hall–Kier alpha value is -3.10. The Bertz CT molecular complexity index is 1060. The van der Waals surface area contributed by atoms with Crippen LogP contribution in [0.3, 0.4) is 0 Å². The molecule has 3 aromatic rings. The topological polar surface area (TPSA) is 97.6 Å². The number of sulfonamides is 1. The summed E-state index contributed by atoms with van der Waals surface area (Å²) in [5, 5.41) is 2.72. The molecule has 0 fully saturated rings. The van der Waals surface area contributed by atoms with Gasteiger partial charge in [0.1, 0.15) is 11.5 Å². The number of carbonyl (C=O) groups is 1. The minimum absolute atomic E-state index is 0.0575. The highest BCUT2D eigenvalue weighted by Crippen LogP contribution is 2.17. The summed E-state index contributed by atoms with van der Waals surface area (Å²) in [4.78, 5) is 12.5. The number of hydrogen-bond donors (Lipinski definition) is 2. The molecule has 3 rings (SSSR count). The Kier molecular flexibility index (Phi) is 6.91. The average Bonchev–Trinajstić information content (AvgIpc) is 3.27. The van der Waals surface area contributed by atoms with Crippen LogP contribution >= 0.6 is 0 Å². The Morgan fingerprint density at radius 1 is 1.07 bits per heavy atom. The van der Waals surface area contributed by atoms with Gasteiger partial charge in [0.2, 0.25) is 10.0 Å². The normalized spacial score (nSPS) is 12.3. The summed E-state index contributed by atoms with van der Waals surface area (Å²) in [5.74, 6) is 0.792. The zero-order valence-corrected chi connectivity index (χ0v) is 17.6. The fraction of sp³-hybridized carbons (Fsp3) is 0.227. The predicted molar refractivity (Wildman–Crippen MR) is 114 cm³/mol. The summed E-state index contributed by atoms with van der Waals surface area (Å²) in [7, 11) is -3.69. The number of nitrogens with one attached hydrogen (secondary N) is 2. The molecule has 7 nitrogen and oxygen atoms in total. The molecule has 0 bridgehead atoms. The van der Waals surface area contributed by atoms with Gasteiger partial charge in [-0.1, -0.05) is 19.1 Å². The number of ether oxygens (including phenoxy) is 1. The molecule has 0 aliphatic rings. The van der Waals surface area contributed by atoms with Crippen LogP contribution in [0.1, 0.15) is 25.2 Å². The number of rotatable bonds is 9. The van der Waals surface area contributed by atoms with Crippen LogP contribution in [0.2, 0.25) is 0 Å². The standard InChI is InChI=1S/C22H24N2O5S/c1-3-17-6-10-19(11-7-17)29-16(2)22(25)24-18-8-12-21(13-9-18)30(26,27)23-15-20-5-4-14-28-20/h4-14,16,23H,3,15H2,1-2H3,(H,24,25). The van der Waals surface area contributed by atoms with Gasteiger partial charge in [0.05, 0.1) is 17.7 Å². The molecule has 1 amide bonds. The number of hydrogen-bond acceptors (Lipinski definition) is 5. The molecule has 0 saturated carbocycles. The van der Waals surface area contributed by atoms with Gasteiger partial charge in [-0.05, 0) is 67.4 Å². The van der Waals surface area contributed by atoms with Crippen molar-refractivity contribution in [1.82, 2.24) is 4.72 Å². The molecule has 0 radical (unpaired) electrons. The fourth-order valence-corrected chi connectivity index (χ4v) is 3.68. The van der Waals surface area contributed by atoms with Crippen molar-refractivity contribution in [3.8, 4) is 5.75 Å². The Labute approximate surface area is 176 Å². The van der Waals surface area contributed by atoms with Gasteiger partial charge in [-0.2, -0.15) is 0 Å². The van der Waals surface area contributed by atoms with E-state index in [0.29, 0.717) is 17.2 Å². The van der Waals surface area contributed by atoms with E-state index in [1.807, 2.05) is 24.3 Å². The summed E-state index contributed by atoms with van der Waals surface area (Å²) in [6.07, 6.45) is 1.70. The van der Waals surface area contributed by atoms with E-state index in [1.54, 1.807) is 19.1 Å². The smallest absolute Gasteiger partial charge is 0.265 e. The van der Waals surface area contributed by atoms with E-state index in [0.717, 1.165) is 6.42 Å². The molecule has 0 spiro atoms. The monoisotopic (exact) mass is 428 g/mol. The highest BCUT2D eigenvalue weighted by Gasteiger charge is 2.17. The maximum absolute atomic E-state index is 12.4. The summed E-state index contributed by atoms with van der Waals surface area (Å²) in [5.41, 5.74) is 1.66. The van der Waals surface area contributed by atoms with E-state index in [2.05, 4.69) is 17.0 Å². The van der Waals surface area contributed by atoms with Gasteiger partial charge in [-0.25, -0.2) is 13.1 Å². The Morgan fingerprint density at radius 2 is 1.77 bits per heavy atom. The van der Waals surface area contributed by atoms with Gasteiger partial charge < -0.3 is 14.5 Å². The first-order valence-corrected chi connectivity index (χ1v) is 11.0. The first-order chi connectivity index (χ1) is 14.4. The zero-order valence-electron chi connectivity index (χ0n) is 16.8. The highest BCUT2D eigenvalue weighted by molar-refractivity contribution is 7.89. The number of aryl methyl sites for hydroxylation is 1. The van der Waals surface area contributed by atoms with Crippen molar-refractivity contribution in [3.05, 3.63) is 78.3 Å². The highest BCUT2D eigenvalue weighted by atomic mass is 32.2. The lowest BCUT2D eigenvalue weighted by Crippen LogP contribution is -2.30. The van der Waals surface area contributed by atoms with Crippen molar-refractivity contribution in [2.45, 2.75) is 37.8 Å². The molecule has 0 aliphatic carbocycles. The third-order valence-corrected chi connectivity index (χ3v) is 5.88. The molecule has 158 valence electrons. The van der Waals surface area contributed by atoms with Crippen LogP contribution in [0.5, 0.6) is 5.75 Å². The lowest BCUT2D eigenvalue weighted by molar-refractivity contribution is -0.122. The number of benzene rings is 2. The summed E-state index contributed by atoms with van der Waals surface area (Å²) >= 11 is 0. The maximum Gasteiger partial charge on any atom is 0.265 e. The molecule has 1 aromatic heterocycles. The average molecular weight is 429 g/mol. The molecular weight excluding hydrogens is 404 g/mol. The lowest BCUT2D eigenvalue weighted by Gasteiger charge is -2.15. The van der Waals surface area contributed by atoms with E-state index in [1.165, 1.54) is 36.1 Å². The number of carbonyl (C=O) groups excluding carboxylic acids is 1. The molecule has 1 heterocycles. The minimum atomic E-state index is -3.69. The van der Waals surface area contributed by atoms with Crippen LogP contribution in [0.25, 0.3) is 0 Å². The van der Waals surface area contributed by atoms with Crippen molar-refractivity contribution < 1.29 is 22.4 Å². The van der Waals surface area contributed by atoms with E-state index < -0.39 is 16.1 Å². The Balaban J connectivity index is 1.56. The minimum Gasteiger partial charge on any atom is -0.481 e. The van der Waals surface area contributed by atoms with Gasteiger partial charge in [0, 0.05) is 5.69 Å². The first-order valence-electron chi connectivity index (χ1n) is 9.56. The molecule has 1 atom stereocenters. The maximum atomic E-state index is 12.4. The van der Waals surface area contributed by atoms with Crippen molar-refractivity contribution in [1.29, 1.82) is 0 Å². The quantitative estimate of drug-likeness (QED) is 0.541. The van der Waals surface area contributed by atoms with Crippen LogP contribution in [0, 0.1) is 0 Å².